The van der Waals surface area contributed by atoms with Gasteiger partial charge in [0.1, 0.15) is 19.3 Å². The number of aliphatic hydroxyl groups excluding tert-OH is 2. The number of aliphatic carboxylic acids is 1. The second-order valence-electron chi connectivity index (χ2n) is 8.24. The molecular formula is C25H21F6N3O7. The summed E-state index contributed by atoms with van der Waals surface area (Å²) in [5, 5.41) is 25.4. The molecule has 1 aliphatic rings. The quantitative estimate of drug-likeness (QED) is 0.368. The van der Waals surface area contributed by atoms with Crippen LogP contribution in [-0.4, -0.2) is 75.8 Å². The van der Waals surface area contributed by atoms with Crippen molar-refractivity contribution in [2.75, 3.05) is 31.3 Å². The number of nitrogens with zero attached hydrogens (tertiary/aromatic N) is 3. The van der Waals surface area contributed by atoms with Crippen molar-refractivity contribution in [3.63, 3.8) is 0 Å². The van der Waals surface area contributed by atoms with E-state index in [0.717, 1.165) is 12.1 Å². The Morgan fingerprint density at radius 2 is 1.78 bits per heavy atom. The zero-order valence-corrected chi connectivity index (χ0v) is 20.7. The van der Waals surface area contributed by atoms with Crippen LogP contribution in [0.3, 0.4) is 0 Å². The Hall–Kier alpha value is -4.44. The first-order valence-electron chi connectivity index (χ1n) is 11.5. The zero-order valence-electron chi connectivity index (χ0n) is 20.7. The summed E-state index contributed by atoms with van der Waals surface area (Å²) in [6, 6.07) is 10.7. The predicted molar refractivity (Wildman–Crippen MR) is 128 cm³/mol. The summed E-state index contributed by atoms with van der Waals surface area (Å²) in [7, 11) is 0. The Labute approximate surface area is 227 Å². The third-order valence-electron chi connectivity index (χ3n) is 5.26. The van der Waals surface area contributed by atoms with E-state index < -0.39 is 42.5 Å². The summed E-state index contributed by atoms with van der Waals surface area (Å²) in [4.78, 5) is 31.9. The highest BCUT2D eigenvalue weighted by molar-refractivity contribution is 6.06. The van der Waals surface area contributed by atoms with Crippen LogP contribution in [0.2, 0.25) is 0 Å². The third kappa shape index (κ3) is 8.28. The van der Waals surface area contributed by atoms with E-state index in [9.17, 15) is 36.2 Å². The molecule has 3 heterocycles. The molecule has 3 aromatic rings. The molecule has 0 radical (unpaired) electrons. The standard InChI is InChI=1S/C23H20F3N3O5.C2HF3O2/c24-23(25,26)16-3-1-2-14(10-16)18-4-5-19-21(28-18)29(8-9-33-19)22(32)15-6-7-27-20(11-15)34-13-17(31)12-30;3-2(4,5)1(6)7/h1-7,10-11,17,30-31H,8-9,12-13H2;(H,6,7). The number of carbonyl (C=O) groups excluding carboxylic acids is 1. The largest absolute Gasteiger partial charge is 0.490 e. The van der Waals surface area contributed by atoms with Crippen molar-refractivity contribution >= 4 is 17.7 Å². The molecule has 0 bridgehead atoms. The molecule has 1 aliphatic heterocycles. The molecule has 0 fully saturated rings. The molecule has 220 valence electrons. The van der Waals surface area contributed by atoms with Gasteiger partial charge in [-0.3, -0.25) is 9.69 Å². The molecule has 41 heavy (non-hydrogen) atoms. The molecule has 1 unspecified atom stereocenters. The van der Waals surface area contributed by atoms with E-state index in [2.05, 4.69) is 9.97 Å². The fourth-order valence-electron chi connectivity index (χ4n) is 3.32. The van der Waals surface area contributed by atoms with Crippen molar-refractivity contribution < 1.29 is 60.7 Å². The molecular weight excluding hydrogens is 568 g/mol. The summed E-state index contributed by atoms with van der Waals surface area (Å²) < 4.78 is 82.0. The number of pyridine rings is 2. The number of alkyl halides is 6. The maximum absolute atomic E-state index is 13.3. The average Bonchev–Trinajstić information content (AvgIpc) is 2.94. The number of halogens is 6. The number of carbonyl (C=O) groups is 2. The lowest BCUT2D eigenvalue weighted by Gasteiger charge is -2.29. The minimum Gasteiger partial charge on any atom is -0.488 e. The maximum atomic E-state index is 13.3. The van der Waals surface area contributed by atoms with Crippen LogP contribution in [-0.2, 0) is 11.0 Å². The van der Waals surface area contributed by atoms with Crippen molar-refractivity contribution in [3.05, 3.63) is 65.9 Å². The van der Waals surface area contributed by atoms with Crippen molar-refractivity contribution in [2.24, 2.45) is 0 Å². The Bertz CT molecular complexity index is 1380. The first kappa shape index (κ1) is 31.1. The van der Waals surface area contributed by atoms with E-state index >= 15 is 0 Å². The lowest BCUT2D eigenvalue weighted by Crippen LogP contribution is -2.38. The molecule has 1 atom stereocenters. The Balaban J connectivity index is 0.000000587. The van der Waals surface area contributed by atoms with Gasteiger partial charge in [0.05, 0.1) is 24.4 Å². The van der Waals surface area contributed by atoms with Crippen LogP contribution >= 0.6 is 0 Å². The summed E-state index contributed by atoms with van der Waals surface area (Å²) >= 11 is 0. The molecule has 0 aliphatic carbocycles. The number of ether oxygens (including phenoxy) is 2. The minimum atomic E-state index is -5.08. The van der Waals surface area contributed by atoms with E-state index in [-0.39, 0.29) is 48.3 Å². The number of aliphatic hydroxyl groups is 2. The highest BCUT2D eigenvalue weighted by Gasteiger charge is 2.38. The maximum Gasteiger partial charge on any atom is 0.490 e. The number of benzene rings is 1. The lowest BCUT2D eigenvalue weighted by molar-refractivity contribution is -0.192. The van der Waals surface area contributed by atoms with Gasteiger partial charge < -0.3 is 24.8 Å². The molecule has 2 aromatic heterocycles. The molecule has 1 amide bonds. The minimum absolute atomic E-state index is 0.0810. The van der Waals surface area contributed by atoms with E-state index in [1.165, 1.54) is 41.4 Å². The number of amides is 1. The summed E-state index contributed by atoms with van der Waals surface area (Å²) in [5.74, 6) is -2.61. The molecule has 10 nitrogen and oxygen atoms in total. The fraction of sp³-hybridized carbons (Fsp3) is 0.280. The van der Waals surface area contributed by atoms with Gasteiger partial charge in [-0.2, -0.15) is 26.3 Å². The van der Waals surface area contributed by atoms with Gasteiger partial charge in [0.2, 0.25) is 5.88 Å². The van der Waals surface area contributed by atoms with Crippen LogP contribution in [0.25, 0.3) is 11.3 Å². The van der Waals surface area contributed by atoms with Gasteiger partial charge in [-0.25, -0.2) is 14.8 Å². The number of carboxylic acids is 1. The third-order valence-corrected chi connectivity index (χ3v) is 5.26. The number of hydrogen-bond donors (Lipinski definition) is 3. The van der Waals surface area contributed by atoms with E-state index in [1.807, 2.05) is 0 Å². The van der Waals surface area contributed by atoms with Crippen LogP contribution in [0.4, 0.5) is 32.2 Å². The van der Waals surface area contributed by atoms with Gasteiger partial charge in [-0.15, -0.1) is 0 Å². The Morgan fingerprint density at radius 3 is 2.41 bits per heavy atom. The normalized spacial score (nSPS) is 13.7. The van der Waals surface area contributed by atoms with Gasteiger partial charge in [-0.1, -0.05) is 12.1 Å². The number of hydrogen-bond acceptors (Lipinski definition) is 8. The van der Waals surface area contributed by atoms with Crippen LogP contribution in [0.5, 0.6) is 11.6 Å². The van der Waals surface area contributed by atoms with E-state index in [4.69, 9.17) is 24.5 Å². The van der Waals surface area contributed by atoms with Crippen LogP contribution in [0.1, 0.15) is 15.9 Å². The molecule has 0 spiro atoms. The molecule has 0 saturated carbocycles. The molecule has 1 aromatic carbocycles. The summed E-state index contributed by atoms with van der Waals surface area (Å²) in [6.07, 6.45) is -9.31. The van der Waals surface area contributed by atoms with Gasteiger partial charge in [0.15, 0.2) is 11.6 Å². The smallest absolute Gasteiger partial charge is 0.488 e. The molecule has 16 heteroatoms. The van der Waals surface area contributed by atoms with Gasteiger partial charge in [0.25, 0.3) is 5.91 Å². The molecule has 3 N–H and O–H groups in total. The zero-order chi connectivity index (χ0) is 30.4. The van der Waals surface area contributed by atoms with E-state index in [0.29, 0.717) is 5.75 Å². The van der Waals surface area contributed by atoms with Crippen LogP contribution in [0, 0.1) is 0 Å². The van der Waals surface area contributed by atoms with Crippen molar-refractivity contribution in [1.82, 2.24) is 9.97 Å². The van der Waals surface area contributed by atoms with Crippen LogP contribution in [0.15, 0.2) is 54.7 Å². The molecule has 0 saturated heterocycles. The second-order valence-corrected chi connectivity index (χ2v) is 8.24. The number of anilines is 1. The van der Waals surface area contributed by atoms with Gasteiger partial charge >= 0.3 is 18.3 Å². The first-order chi connectivity index (χ1) is 19.2. The Kier molecular flexibility index (Phi) is 9.72. The van der Waals surface area contributed by atoms with E-state index in [1.54, 1.807) is 6.07 Å². The number of fused-ring (bicyclic) bond motifs is 1. The van der Waals surface area contributed by atoms with Crippen molar-refractivity contribution in [3.8, 4) is 22.9 Å². The Morgan fingerprint density at radius 1 is 1.07 bits per heavy atom. The SMILES string of the molecule is O=C(O)C(F)(F)F.O=C(c1ccnc(OCC(O)CO)c1)N1CCOc2ccc(-c3cccc(C(F)(F)F)c3)nc21. The number of aromatic nitrogens is 2. The van der Waals surface area contributed by atoms with Crippen molar-refractivity contribution in [1.29, 1.82) is 0 Å². The van der Waals surface area contributed by atoms with Gasteiger partial charge in [0, 0.05) is 23.4 Å². The lowest BCUT2D eigenvalue weighted by atomic mass is 10.1. The summed E-state index contributed by atoms with van der Waals surface area (Å²) in [6.45, 7) is -0.306. The summed E-state index contributed by atoms with van der Waals surface area (Å²) in [5.41, 5.74) is -0.0746. The highest BCUT2D eigenvalue weighted by atomic mass is 19.4. The topological polar surface area (TPSA) is 142 Å². The predicted octanol–water partition coefficient (Wildman–Crippen LogP) is 3.57. The van der Waals surface area contributed by atoms with Gasteiger partial charge in [-0.05, 0) is 30.3 Å². The fourth-order valence-corrected chi connectivity index (χ4v) is 3.32. The average molecular weight is 589 g/mol. The molecule has 4 rings (SSSR count). The van der Waals surface area contributed by atoms with Crippen LogP contribution < -0.4 is 14.4 Å². The number of carboxylic acid groups (broad SMARTS) is 1. The monoisotopic (exact) mass is 589 g/mol. The first-order valence-corrected chi connectivity index (χ1v) is 11.5. The second kappa shape index (κ2) is 12.8. The highest BCUT2D eigenvalue weighted by Crippen LogP contribution is 2.36. The number of rotatable bonds is 6. The van der Waals surface area contributed by atoms with Crippen molar-refractivity contribution in [2.45, 2.75) is 18.5 Å².